The molecule has 3 aromatic rings. The van der Waals surface area contributed by atoms with E-state index >= 15 is 0 Å². The first-order valence-corrected chi connectivity index (χ1v) is 10.2. The van der Waals surface area contributed by atoms with Gasteiger partial charge < -0.3 is 9.47 Å². The van der Waals surface area contributed by atoms with E-state index in [0.717, 1.165) is 44.2 Å². The first-order chi connectivity index (χ1) is 13.6. The molecule has 0 saturated heterocycles. The molecule has 4 heteroatoms. The Morgan fingerprint density at radius 1 is 1.14 bits per heavy atom. The number of hydrogen-bond acceptors (Lipinski definition) is 1. The molecule has 2 heterocycles. The molecule has 2 aliphatic rings. The first-order valence-electron chi connectivity index (χ1n) is 10.2. The van der Waals surface area contributed by atoms with Gasteiger partial charge in [0, 0.05) is 30.8 Å². The minimum absolute atomic E-state index is 0.189. The Bertz CT molecular complexity index is 1030. The smallest absolute Gasteiger partial charge is 0.233 e. The maximum atomic E-state index is 13.6. The summed E-state index contributed by atoms with van der Waals surface area (Å²) in [6.07, 6.45) is 4.73. The molecule has 144 valence electrons. The number of halogens is 1. The molecular formula is C24H25FN2O. The number of amides is 1. The number of benzene rings is 2. The monoisotopic (exact) mass is 376 g/mol. The van der Waals surface area contributed by atoms with Crippen molar-refractivity contribution in [3.8, 4) is 0 Å². The molecule has 2 aromatic carbocycles. The van der Waals surface area contributed by atoms with Crippen LogP contribution >= 0.6 is 0 Å². The summed E-state index contributed by atoms with van der Waals surface area (Å²) in [5.74, 6) is -0.0615. The van der Waals surface area contributed by atoms with Gasteiger partial charge in [0.1, 0.15) is 5.82 Å². The molecule has 3 nitrogen and oxygen atoms in total. The largest absolute Gasteiger partial charge is 0.343 e. The van der Waals surface area contributed by atoms with Crippen molar-refractivity contribution in [1.82, 2.24) is 9.47 Å². The van der Waals surface area contributed by atoms with Gasteiger partial charge in [0.2, 0.25) is 5.91 Å². The molecule has 1 aromatic heterocycles. The van der Waals surface area contributed by atoms with E-state index in [1.807, 2.05) is 11.9 Å². The SMILES string of the molecule is CN(C(=O)C1(c2ccc(F)cc2)CCC1)[C@@H]1CCc2cc3ccccc3n2C1. The van der Waals surface area contributed by atoms with Gasteiger partial charge in [0.25, 0.3) is 0 Å². The molecule has 1 aliphatic heterocycles. The zero-order valence-corrected chi connectivity index (χ0v) is 16.2. The van der Waals surface area contributed by atoms with Crippen molar-refractivity contribution in [3.05, 3.63) is 71.7 Å². The van der Waals surface area contributed by atoms with Crippen LogP contribution in [0.5, 0.6) is 0 Å². The molecule has 0 N–H and O–H groups in total. The van der Waals surface area contributed by atoms with Crippen LogP contribution in [-0.2, 0) is 23.2 Å². The summed E-state index contributed by atoms with van der Waals surface area (Å²) in [6.45, 7) is 0.838. The second-order valence-corrected chi connectivity index (χ2v) is 8.36. The number of hydrogen-bond donors (Lipinski definition) is 0. The van der Waals surface area contributed by atoms with Crippen LogP contribution in [0, 0.1) is 5.82 Å². The molecule has 0 unspecified atom stereocenters. The highest BCUT2D eigenvalue weighted by molar-refractivity contribution is 5.89. The number of nitrogens with zero attached hydrogens (tertiary/aromatic N) is 2. The van der Waals surface area contributed by atoms with E-state index in [4.69, 9.17) is 0 Å². The Kier molecular flexibility index (Phi) is 4.04. The molecule has 0 spiro atoms. The van der Waals surface area contributed by atoms with Gasteiger partial charge in [-0.25, -0.2) is 4.39 Å². The third-order valence-electron chi connectivity index (χ3n) is 6.90. The highest BCUT2D eigenvalue weighted by Crippen LogP contribution is 2.45. The molecule has 28 heavy (non-hydrogen) atoms. The van der Waals surface area contributed by atoms with E-state index < -0.39 is 5.41 Å². The number of likely N-dealkylation sites (N-methyl/N-ethyl adjacent to an activating group) is 1. The molecule has 5 rings (SSSR count). The van der Waals surface area contributed by atoms with Gasteiger partial charge in [0.05, 0.1) is 5.41 Å². The summed E-state index contributed by atoms with van der Waals surface area (Å²) in [5, 5.41) is 1.27. The van der Waals surface area contributed by atoms with E-state index in [0.29, 0.717) is 0 Å². The zero-order chi connectivity index (χ0) is 19.3. The Morgan fingerprint density at radius 3 is 2.61 bits per heavy atom. The average Bonchev–Trinajstić information content (AvgIpc) is 3.06. The topological polar surface area (TPSA) is 25.2 Å². The van der Waals surface area contributed by atoms with Crippen LogP contribution in [0.4, 0.5) is 4.39 Å². The lowest BCUT2D eigenvalue weighted by atomic mass is 9.63. The van der Waals surface area contributed by atoms with Crippen LogP contribution in [-0.4, -0.2) is 28.5 Å². The van der Waals surface area contributed by atoms with Gasteiger partial charge in [-0.1, -0.05) is 36.8 Å². The fraction of sp³-hybridized carbons (Fsp3) is 0.375. The molecule has 1 amide bonds. The van der Waals surface area contributed by atoms with Gasteiger partial charge >= 0.3 is 0 Å². The van der Waals surface area contributed by atoms with Gasteiger partial charge in [-0.05, 0) is 60.9 Å². The third kappa shape index (κ3) is 2.58. The Hall–Kier alpha value is -2.62. The second-order valence-electron chi connectivity index (χ2n) is 8.36. The Morgan fingerprint density at radius 2 is 1.89 bits per heavy atom. The van der Waals surface area contributed by atoms with Crippen LogP contribution in [0.2, 0.25) is 0 Å². The molecule has 1 saturated carbocycles. The van der Waals surface area contributed by atoms with Crippen molar-refractivity contribution in [3.63, 3.8) is 0 Å². The van der Waals surface area contributed by atoms with E-state index in [-0.39, 0.29) is 17.8 Å². The number of aryl methyl sites for hydroxylation is 1. The number of carbonyl (C=O) groups excluding carboxylic acids is 1. The lowest BCUT2D eigenvalue weighted by Crippen LogP contribution is -2.54. The summed E-state index contributed by atoms with van der Waals surface area (Å²) in [5.41, 5.74) is 3.09. The van der Waals surface area contributed by atoms with Gasteiger partial charge in [-0.15, -0.1) is 0 Å². The van der Waals surface area contributed by atoms with Crippen molar-refractivity contribution in [2.24, 2.45) is 0 Å². The number of fused-ring (bicyclic) bond motifs is 3. The summed E-state index contributed by atoms with van der Waals surface area (Å²) < 4.78 is 15.8. The van der Waals surface area contributed by atoms with Crippen molar-refractivity contribution in [2.45, 2.75) is 50.1 Å². The van der Waals surface area contributed by atoms with Gasteiger partial charge in [-0.2, -0.15) is 0 Å². The number of para-hydroxylation sites is 1. The minimum Gasteiger partial charge on any atom is -0.343 e. The number of aromatic nitrogens is 1. The lowest BCUT2D eigenvalue weighted by molar-refractivity contribution is -0.142. The fourth-order valence-electron chi connectivity index (χ4n) is 5.05. The van der Waals surface area contributed by atoms with Crippen LogP contribution < -0.4 is 0 Å². The highest BCUT2D eigenvalue weighted by atomic mass is 19.1. The quantitative estimate of drug-likeness (QED) is 0.652. The lowest BCUT2D eigenvalue weighted by Gasteiger charge is -2.45. The number of rotatable bonds is 3. The maximum Gasteiger partial charge on any atom is 0.233 e. The van der Waals surface area contributed by atoms with Crippen LogP contribution in [0.3, 0.4) is 0 Å². The van der Waals surface area contributed by atoms with Gasteiger partial charge in [0.15, 0.2) is 0 Å². The summed E-state index contributed by atoms with van der Waals surface area (Å²) in [6, 6.07) is 17.5. The van der Waals surface area contributed by atoms with Crippen LogP contribution in [0.15, 0.2) is 54.6 Å². The molecule has 0 bridgehead atoms. The molecule has 1 atom stereocenters. The molecule has 1 aliphatic carbocycles. The summed E-state index contributed by atoms with van der Waals surface area (Å²) >= 11 is 0. The zero-order valence-electron chi connectivity index (χ0n) is 16.2. The Labute approximate surface area is 164 Å². The molecule has 0 radical (unpaired) electrons. The van der Waals surface area contributed by atoms with Crippen molar-refractivity contribution < 1.29 is 9.18 Å². The van der Waals surface area contributed by atoms with E-state index in [1.165, 1.54) is 28.7 Å². The number of carbonyl (C=O) groups is 1. The van der Waals surface area contributed by atoms with Gasteiger partial charge in [-0.3, -0.25) is 4.79 Å². The predicted octanol–water partition coefficient (Wildman–Crippen LogP) is 4.68. The van der Waals surface area contributed by atoms with Crippen molar-refractivity contribution in [2.75, 3.05) is 7.05 Å². The maximum absolute atomic E-state index is 13.6. The van der Waals surface area contributed by atoms with Crippen molar-refractivity contribution in [1.29, 1.82) is 0 Å². The van der Waals surface area contributed by atoms with Crippen LogP contribution in [0.25, 0.3) is 10.9 Å². The van der Waals surface area contributed by atoms with Crippen LogP contribution in [0.1, 0.15) is 36.9 Å². The predicted molar refractivity (Wildman–Crippen MR) is 109 cm³/mol. The van der Waals surface area contributed by atoms with E-state index in [1.54, 1.807) is 12.1 Å². The first kappa shape index (κ1) is 17.5. The normalized spacial score (nSPS) is 20.4. The minimum atomic E-state index is -0.471. The standard InChI is InChI=1S/C24H25FN2O/c1-26(23(28)24(13-4-14-24)18-7-9-19(25)10-8-18)21-12-11-20-15-17-5-2-3-6-22(17)27(20)16-21/h2-3,5-10,15,21H,4,11-14,16H2,1H3/t21-/m1/s1. The van der Waals surface area contributed by atoms with E-state index in [9.17, 15) is 9.18 Å². The molecule has 1 fully saturated rings. The molecular weight excluding hydrogens is 351 g/mol. The Balaban J connectivity index is 1.42. The third-order valence-corrected chi connectivity index (χ3v) is 6.90. The van der Waals surface area contributed by atoms with E-state index in [2.05, 4.69) is 34.9 Å². The highest BCUT2D eigenvalue weighted by Gasteiger charge is 2.48. The summed E-state index contributed by atoms with van der Waals surface area (Å²) in [4.78, 5) is 15.5. The van der Waals surface area contributed by atoms with Crippen molar-refractivity contribution >= 4 is 16.8 Å². The summed E-state index contributed by atoms with van der Waals surface area (Å²) in [7, 11) is 1.95. The fourth-order valence-corrected chi connectivity index (χ4v) is 5.05. The second kappa shape index (κ2) is 6.47. The average molecular weight is 376 g/mol.